The maximum atomic E-state index is 11.2. The van der Waals surface area contributed by atoms with Gasteiger partial charge in [0.25, 0.3) is 0 Å². The van der Waals surface area contributed by atoms with Gasteiger partial charge in [-0.05, 0) is 113 Å². The number of sulfonamides is 2. The monoisotopic (exact) mass is 2230 g/mol. The minimum absolute atomic E-state index is 0. The first kappa shape index (κ1) is 113. The average molecular weight is 2240 g/mol. The number of halogens is 2. The van der Waals surface area contributed by atoms with Crippen molar-refractivity contribution in [2.24, 2.45) is 0 Å². The van der Waals surface area contributed by atoms with Crippen LogP contribution >= 0.6 is 23.2 Å². The van der Waals surface area contributed by atoms with Crippen molar-refractivity contribution in [3.05, 3.63) is 335 Å². The molecular weight excluding hydrogens is 2170 g/mol. The van der Waals surface area contributed by atoms with E-state index in [1.54, 1.807) is 111 Å². The van der Waals surface area contributed by atoms with Crippen LogP contribution in [0.1, 0.15) is 34.2 Å². The van der Waals surface area contributed by atoms with Gasteiger partial charge < -0.3 is 119 Å². The van der Waals surface area contributed by atoms with E-state index in [-0.39, 0.29) is 130 Å². The molecule has 0 aliphatic rings. The van der Waals surface area contributed by atoms with Crippen LogP contribution in [0.15, 0.2) is 281 Å². The van der Waals surface area contributed by atoms with Gasteiger partial charge >= 0.3 is 118 Å². The average Bonchev–Trinajstić information content (AvgIpc) is 1.60. The molecule has 2 N–H and O–H groups in total. The Hall–Kier alpha value is -15.4. The molecule has 58 heteroatoms. The summed E-state index contributed by atoms with van der Waals surface area (Å²) in [6, 6.07) is 66.2. The van der Waals surface area contributed by atoms with E-state index in [1.807, 2.05) is 248 Å². The van der Waals surface area contributed by atoms with Gasteiger partial charge in [-0.1, -0.05) is 169 Å². The molecule has 4 aromatic carbocycles. The molecule has 0 atom stereocenters. The van der Waals surface area contributed by atoms with Crippen LogP contribution in [0, 0.1) is 41.5 Å². The Bertz CT molecular complexity index is 8480. The first-order valence-corrected chi connectivity index (χ1v) is 46.6. The van der Waals surface area contributed by atoms with Gasteiger partial charge in [0.2, 0.25) is 0 Å². The van der Waals surface area contributed by atoms with Gasteiger partial charge in [-0.3, -0.25) is 19.9 Å². The summed E-state index contributed by atoms with van der Waals surface area (Å²) in [5.74, 6) is 1.50. The van der Waals surface area contributed by atoms with Crippen molar-refractivity contribution in [2.75, 3.05) is 12.5 Å². The van der Waals surface area contributed by atoms with Crippen molar-refractivity contribution in [1.82, 2.24) is 198 Å². The molecule has 26 rings (SSSR count). The maximum absolute atomic E-state index is 11.2. The molecule has 0 bridgehead atoms. The van der Waals surface area contributed by atoms with Gasteiger partial charge in [-0.2, -0.15) is 10.2 Å². The van der Waals surface area contributed by atoms with E-state index in [1.165, 1.54) is 9.03 Å². The number of hydrogen-bond acceptors (Lipinski definition) is 26. The number of hydrogen-bond donors (Lipinski definition) is 2. The molecular formula is C90H72Be4Cl2N42O4S2Zn4+8. The van der Waals surface area contributed by atoms with Crippen LogP contribution in [0.2, 0.25) is 10.3 Å². The Morgan fingerprint density at radius 2 is 0.655 bits per heavy atom. The first-order chi connectivity index (χ1) is 68.0. The SMILES string of the molecule is CS(=O)(=O)[N-]c1n[nH]n2c(-c3ccccc3)cnc12.CS(=O)(=O)[N-]c1n[nH]n2c(-c3ccccc3)cnc12.Cc1cc(C)n(-c2cn3[n-]nc(Cl)c3n2)n1.Cc1cc(C)n(-c2cn3[n-]nc(Cl)c3n2)n1.Cc1cnc2c(-c3ccccn3)n[n-]n12.Cc1cnc2c(-c3ccccn3)n[n-]n12.[Be+2].[Be+2].[Be+2].[Be+2].[Zn+2].[Zn+2].[Zn+2].[Zn+2].c1ccc(-c2c(-c3ccccn3)nc3cn[n-]n23)cc1.c1ccc(-c2c(-c3ccccn3)nc3cn[n-]n23)cc1. The number of fused-ring (bicyclic) bond motifs is 8. The number of rotatable bonds is 14. The Labute approximate surface area is 916 Å². The quantitative estimate of drug-likeness (QED) is 0.0955. The fraction of sp³-hybridized carbons (Fsp3) is 0.0889. The molecule has 0 fully saturated rings. The van der Waals surface area contributed by atoms with Crippen LogP contribution in [0.3, 0.4) is 0 Å². The van der Waals surface area contributed by atoms with E-state index in [2.05, 4.69) is 162 Å². The number of aromatic nitrogens is 40. The van der Waals surface area contributed by atoms with Crippen LogP contribution in [-0.2, 0) is 98.0 Å². The fourth-order valence-electron chi connectivity index (χ4n) is 14.5. The molecule has 22 heterocycles. The van der Waals surface area contributed by atoms with Crippen molar-refractivity contribution in [2.45, 2.75) is 41.5 Å². The van der Waals surface area contributed by atoms with Gasteiger partial charge in [0.15, 0.2) is 64.6 Å². The molecule has 0 saturated heterocycles. The van der Waals surface area contributed by atoms with Crippen molar-refractivity contribution in [1.29, 1.82) is 0 Å². The van der Waals surface area contributed by atoms with Crippen LogP contribution < -0.4 is 31.3 Å². The number of nitrogens with zero attached hydrogens (tertiary/aromatic N) is 40. The number of nitrogens with one attached hydrogen (secondary N) is 2. The standard InChI is InChI=1S/2C15H10N5.2C11H10N5O2S.2C10H8N5.2C9H8ClN6.4Be.4Zn/c2*1-2-6-11(7-3-1)15-14(12-8-4-5-9-16-12)18-13-10-17-19-20(13)15;2*1-19(17,18)14-10-11-12-7-9(16(11)15-13-10)8-5-3-2-4-6-8;2*1-7-6-12-10-9(13-14-15(7)10)8-4-2-3-5-11-8;2*1-5-3-6(2)16(13-5)7-4-15-9(11-7)8(10)12-14-15;;;;;;;;/h2*1-10H;2*2-7,15H,1H3;2*2-6H,1H3;2*3-4H,1-2H3;;;;;;;;/q8*-1;8*+2. The summed E-state index contributed by atoms with van der Waals surface area (Å²) in [5.41, 5.74) is 24.4. The minimum Gasteiger partial charge on any atom is -0.506 e. The molecule has 0 aliphatic carbocycles. The summed E-state index contributed by atoms with van der Waals surface area (Å²) < 4.78 is 68.4. The molecule has 0 spiro atoms. The second-order valence-electron chi connectivity index (χ2n) is 30.6. The molecule has 0 saturated carbocycles. The fourth-order valence-corrected chi connectivity index (χ4v) is 15.7. The van der Waals surface area contributed by atoms with Crippen LogP contribution in [0.5, 0.6) is 0 Å². The second-order valence-corrected chi connectivity index (χ2v) is 34.6. The topological polar surface area (TPSA) is 541 Å². The molecule has 148 heavy (non-hydrogen) atoms. The summed E-state index contributed by atoms with van der Waals surface area (Å²) in [6.07, 6.45) is 22.6. The molecule has 0 amide bonds. The number of benzene rings is 4. The summed E-state index contributed by atoms with van der Waals surface area (Å²) in [5, 5.41) is 69.7. The smallest absolute Gasteiger partial charge is 0.506 e. The van der Waals surface area contributed by atoms with Crippen molar-refractivity contribution < 1.29 is 94.7 Å². The Morgan fingerprint density at radius 1 is 0.331 bits per heavy atom. The summed E-state index contributed by atoms with van der Waals surface area (Å²) in [6.45, 7) is 11.7. The molecule has 0 aliphatic heterocycles. The number of H-pyrrole nitrogens is 2. The summed E-state index contributed by atoms with van der Waals surface area (Å²) in [4.78, 5) is 51.9. The molecule has 26 aromatic rings. The maximum Gasteiger partial charge on any atom is 2.00 e. The van der Waals surface area contributed by atoms with Crippen LogP contribution in [0.25, 0.3) is 157 Å². The van der Waals surface area contributed by atoms with Gasteiger partial charge in [-0.25, -0.2) is 75.1 Å². The molecule has 0 unspecified atom stereocenters. The minimum atomic E-state index is -3.50. The molecule has 22 aromatic heterocycles. The molecule has 700 valence electrons. The zero-order chi connectivity index (χ0) is 96.7. The number of imidazole rings is 8. The predicted molar refractivity (Wildman–Crippen MR) is 539 cm³/mol. The zero-order valence-corrected chi connectivity index (χ0v) is 95.3. The predicted octanol–water partition coefficient (Wildman–Crippen LogP) is 11.1. The van der Waals surface area contributed by atoms with Crippen LogP contribution in [-0.4, -0.2) is 237 Å². The first-order valence-electron chi connectivity index (χ1n) is 42.1. The Balaban J connectivity index is 0.000000160. The second kappa shape index (κ2) is 49.7. The van der Waals surface area contributed by atoms with Gasteiger partial charge in [0, 0.05) is 120 Å². The third-order valence-electron chi connectivity index (χ3n) is 20.5. The Morgan fingerprint density at radius 3 is 0.966 bits per heavy atom. The van der Waals surface area contributed by atoms with E-state index < -0.39 is 20.0 Å². The van der Waals surface area contributed by atoms with E-state index in [9.17, 15) is 16.8 Å². The van der Waals surface area contributed by atoms with Gasteiger partial charge in [0.05, 0.1) is 69.3 Å². The van der Waals surface area contributed by atoms with Crippen molar-refractivity contribution >= 4 is 141 Å². The largest absolute Gasteiger partial charge is 2.00 e. The number of pyridine rings is 4. The molecule has 46 nitrogen and oxygen atoms in total. The van der Waals surface area contributed by atoms with E-state index in [0.29, 0.717) is 44.5 Å². The third-order valence-corrected chi connectivity index (χ3v) is 22.0. The third kappa shape index (κ3) is 24.9. The van der Waals surface area contributed by atoms with Crippen LogP contribution in [0.4, 0.5) is 11.6 Å². The van der Waals surface area contributed by atoms with Crippen molar-refractivity contribution in [3.8, 4) is 102 Å². The van der Waals surface area contributed by atoms with Gasteiger partial charge in [0.1, 0.15) is 45.4 Å². The summed E-state index contributed by atoms with van der Waals surface area (Å²) in [7, 11) is -7.01. The summed E-state index contributed by atoms with van der Waals surface area (Å²) >= 11 is 11.7. The van der Waals surface area contributed by atoms with E-state index in [0.717, 1.165) is 160 Å². The number of aryl methyl sites for hydroxylation is 6. The zero-order valence-electron chi connectivity index (χ0n) is 80.3. The van der Waals surface area contributed by atoms with E-state index >= 15 is 0 Å². The van der Waals surface area contributed by atoms with E-state index in [4.69, 9.17) is 23.2 Å². The molecule has 0 radical (unpaired) electrons. The number of aromatic amines is 2. The van der Waals surface area contributed by atoms with Crippen molar-refractivity contribution in [3.63, 3.8) is 0 Å². The van der Waals surface area contributed by atoms with Gasteiger partial charge in [-0.15, -0.1) is 0 Å². The normalized spacial score (nSPS) is 10.7. The Kier molecular flexibility index (Phi) is 37.9.